The highest BCUT2D eigenvalue weighted by Crippen LogP contribution is 2.18. The van der Waals surface area contributed by atoms with Crippen LogP contribution in [0.3, 0.4) is 0 Å². The van der Waals surface area contributed by atoms with Crippen molar-refractivity contribution in [2.24, 2.45) is 5.73 Å². The van der Waals surface area contributed by atoms with Gasteiger partial charge in [-0.2, -0.15) is 0 Å². The van der Waals surface area contributed by atoms with E-state index in [1.807, 2.05) is 32.0 Å². The maximum atomic E-state index is 12.3. The van der Waals surface area contributed by atoms with Crippen molar-refractivity contribution in [2.45, 2.75) is 45.2 Å². The first-order valence-electron chi connectivity index (χ1n) is 8.64. The van der Waals surface area contributed by atoms with Gasteiger partial charge in [0.2, 0.25) is 5.91 Å². The van der Waals surface area contributed by atoms with Crippen molar-refractivity contribution < 1.29 is 9.59 Å². The molecule has 140 valence electrons. The lowest BCUT2D eigenvalue weighted by atomic mass is 9.93. The Morgan fingerprint density at radius 1 is 1.20 bits per heavy atom. The Balaban J connectivity index is 0.00000312. The van der Waals surface area contributed by atoms with Crippen LogP contribution in [0, 0.1) is 0 Å². The molecule has 0 saturated carbocycles. The van der Waals surface area contributed by atoms with Crippen molar-refractivity contribution in [1.29, 1.82) is 0 Å². The van der Waals surface area contributed by atoms with Gasteiger partial charge >= 0.3 is 6.03 Å². The van der Waals surface area contributed by atoms with Gasteiger partial charge in [0, 0.05) is 19.6 Å². The molecule has 1 heterocycles. The average Bonchev–Trinajstić information content (AvgIpc) is 2.64. The lowest BCUT2D eigenvalue weighted by Gasteiger charge is -2.32. The maximum absolute atomic E-state index is 12.3. The molecule has 2 rings (SSSR count). The smallest absolute Gasteiger partial charge is 0.318 e. The normalized spacial score (nSPS) is 13.5. The number of nitrogens with zero attached hydrogens (tertiary/aromatic N) is 1. The lowest BCUT2D eigenvalue weighted by molar-refractivity contribution is -0.122. The molecular formula is C18H29ClN4O2. The minimum atomic E-state index is -0.383. The van der Waals surface area contributed by atoms with Crippen LogP contribution in [0.4, 0.5) is 4.79 Å². The minimum Gasteiger partial charge on any atom is -0.348 e. The summed E-state index contributed by atoms with van der Waals surface area (Å²) in [5, 5.41) is 5.67. The van der Waals surface area contributed by atoms with Gasteiger partial charge in [0.25, 0.3) is 0 Å². The monoisotopic (exact) mass is 368 g/mol. The Bertz CT molecular complexity index is 582. The van der Waals surface area contributed by atoms with E-state index in [1.165, 1.54) is 11.1 Å². The van der Waals surface area contributed by atoms with Crippen molar-refractivity contribution in [3.05, 3.63) is 35.4 Å². The van der Waals surface area contributed by atoms with E-state index < -0.39 is 0 Å². The SMILES string of the molecule is CCC(CC)(CN)NC(=O)CNC(=O)N1CCc2ccccc2C1.Cl. The molecular weight excluding hydrogens is 340 g/mol. The zero-order chi connectivity index (χ0) is 17.6. The second-order valence-electron chi connectivity index (χ2n) is 6.34. The van der Waals surface area contributed by atoms with Gasteiger partial charge in [-0.25, -0.2) is 4.79 Å². The number of amides is 3. The van der Waals surface area contributed by atoms with Gasteiger partial charge < -0.3 is 21.3 Å². The van der Waals surface area contributed by atoms with E-state index in [9.17, 15) is 9.59 Å². The van der Waals surface area contributed by atoms with Crippen molar-refractivity contribution in [3.63, 3.8) is 0 Å². The summed E-state index contributed by atoms with van der Waals surface area (Å²) < 4.78 is 0. The van der Waals surface area contributed by atoms with Crippen LogP contribution in [-0.4, -0.2) is 42.0 Å². The second-order valence-corrected chi connectivity index (χ2v) is 6.34. The van der Waals surface area contributed by atoms with E-state index in [4.69, 9.17) is 5.73 Å². The number of hydrogen-bond donors (Lipinski definition) is 3. The van der Waals surface area contributed by atoms with Crippen molar-refractivity contribution in [1.82, 2.24) is 15.5 Å². The molecule has 3 amide bonds. The van der Waals surface area contributed by atoms with Gasteiger partial charge in [-0.05, 0) is 30.4 Å². The standard InChI is InChI=1S/C18H28N4O2.ClH/c1-3-18(4-2,13-19)21-16(23)11-20-17(24)22-10-9-14-7-5-6-8-15(14)12-22;/h5-8H,3-4,9-13,19H2,1-2H3,(H,20,24)(H,21,23);1H. The van der Waals surface area contributed by atoms with Crippen LogP contribution < -0.4 is 16.4 Å². The Morgan fingerprint density at radius 2 is 1.84 bits per heavy atom. The fourth-order valence-corrected chi connectivity index (χ4v) is 3.04. The summed E-state index contributed by atoms with van der Waals surface area (Å²) in [7, 11) is 0. The molecule has 4 N–H and O–H groups in total. The lowest BCUT2D eigenvalue weighted by Crippen LogP contribution is -2.55. The number of carbonyl (C=O) groups excluding carboxylic acids is 2. The molecule has 0 fully saturated rings. The van der Waals surface area contributed by atoms with Crippen molar-refractivity contribution >= 4 is 24.3 Å². The number of urea groups is 1. The summed E-state index contributed by atoms with van der Waals surface area (Å²) in [6, 6.07) is 7.94. The summed E-state index contributed by atoms with van der Waals surface area (Å²) in [6.45, 7) is 5.61. The fraction of sp³-hybridized carbons (Fsp3) is 0.556. The Kier molecular flexibility index (Phi) is 8.19. The van der Waals surface area contributed by atoms with Gasteiger partial charge in [0.1, 0.15) is 0 Å². The molecule has 1 aliphatic rings. The molecule has 0 bridgehead atoms. The van der Waals surface area contributed by atoms with Gasteiger partial charge in [0.05, 0.1) is 12.1 Å². The third-order valence-corrected chi connectivity index (χ3v) is 4.97. The highest BCUT2D eigenvalue weighted by molar-refractivity contribution is 5.85. The van der Waals surface area contributed by atoms with E-state index in [-0.39, 0.29) is 36.4 Å². The van der Waals surface area contributed by atoms with E-state index >= 15 is 0 Å². The van der Waals surface area contributed by atoms with Gasteiger partial charge in [-0.15, -0.1) is 12.4 Å². The first kappa shape index (κ1) is 21.3. The largest absolute Gasteiger partial charge is 0.348 e. The molecule has 0 atom stereocenters. The molecule has 0 spiro atoms. The van der Waals surface area contributed by atoms with Crippen LogP contribution in [-0.2, 0) is 17.8 Å². The number of rotatable bonds is 6. The van der Waals surface area contributed by atoms with Crippen LogP contribution in [0.25, 0.3) is 0 Å². The molecule has 1 aromatic rings. The number of nitrogens with two attached hydrogens (primary N) is 1. The third-order valence-electron chi connectivity index (χ3n) is 4.97. The Morgan fingerprint density at radius 3 is 2.44 bits per heavy atom. The first-order valence-corrected chi connectivity index (χ1v) is 8.64. The van der Waals surface area contributed by atoms with E-state index in [0.29, 0.717) is 19.6 Å². The van der Waals surface area contributed by atoms with Crippen LogP contribution in [0.15, 0.2) is 24.3 Å². The van der Waals surface area contributed by atoms with E-state index in [0.717, 1.165) is 19.3 Å². The topological polar surface area (TPSA) is 87.5 Å². The molecule has 0 unspecified atom stereocenters. The van der Waals surface area contributed by atoms with Gasteiger partial charge in [0.15, 0.2) is 0 Å². The molecule has 0 radical (unpaired) electrons. The summed E-state index contributed by atoms with van der Waals surface area (Å²) in [5.74, 6) is -0.199. The predicted molar refractivity (Wildman–Crippen MR) is 102 cm³/mol. The molecule has 6 nitrogen and oxygen atoms in total. The summed E-state index contributed by atoms with van der Waals surface area (Å²) in [6.07, 6.45) is 2.38. The number of halogens is 1. The predicted octanol–water partition coefficient (Wildman–Crippen LogP) is 1.81. The molecule has 0 aliphatic carbocycles. The Labute approximate surface area is 155 Å². The molecule has 1 aromatic carbocycles. The maximum Gasteiger partial charge on any atom is 0.318 e. The quantitative estimate of drug-likeness (QED) is 0.715. The van der Waals surface area contributed by atoms with Crippen LogP contribution in [0.1, 0.15) is 37.8 Å². The first-order chi connectivity index (χ1) is 11.5. The fourth-order valence-electron chi connectivity index (χ4n) is 3.04. The third kappa shape index (κ3) is 5.34. The molecule has 0 aromatic heterocycles. The number of hydrogen-bond acceptors (Lipinski definition) is 3. The zero-order valence-electron chi connectivity index (χ0n) is 15.0. The van der Waals surface area contributed by atoms with Crippen LogP contribution in [0.5, 0.6) is 0 Å². The zero-order valence-corrected chi connectivity index (χ0v) is 15.8. The number of carbonyl (C=O) groups is 2. The number of nitrogens with one attached hydrogen (secondary N) is 2. The van der Waals surface area contributed by atoms with Crippen molar-refractivity contribution in [2.75, 3.05) is 19.6 Å². The van der Waals surface area contributed by atoms with Crippen LogP contribution in [0.2, 0.25) is 0 Å². The van der Waals surface area contributed by atoms with E-state index in [1.54, 1.807) is 4.90 Å². The second kappa shape index (κ2) is 9.63. The average molecular weight is 369 g/mol. The molecule has 0 saturated heterocycles. The Hall–Kier alpha value is -1.79. The summed E-state index contributed by atoms with van der Waals surface area (Å²) >= 11 is 0. The molecule has 1 aliphatic heterocycles. The highest BCUT2D eigenvalue weighted by atomic mass is 35.5. The van der Waals surface area contributed by atoms with Gasteiger partial charge in [-0.1, -0.05) is 38.1 Å². The minimum absolute atomic E-state index is 0. The number of benzene rings is 1. The summed E-state index contributed by atoms with van der Waals surface area (Å²) in [4.78, 5) is 26.2. The van der Waals surface area contributed by atoms with Crippen LogP contribution >= 0.6 is 12.4 Å². The van der Waals surface area contributed by atoms with Crippen molar-refractivity contribution in [3.8, 4) is 0 Å². The summed E-state index contributed by atoms with van der Waals surface area (Å²) in [5.41, 5.74) is 7.86. The number of fused-ring (bicyclic) bond motifs is 1. The highest BCUT2D eigenvalue weighted by Gasteiger charge is 2.27. The van der Waals surface area contributed by atoms with E-state index in [2.05, 4.69) is 16.7 Å². The van der Waals surface area contributed by atoms with Gasteiger partial charge in [-0.3, -0.25) is 4.79 Å². The molecule has 7 heteroatoms. The molecule has 25 heavy (non-hydrogen) atoms.